The van der Waals surface area contributed by atoms with E-state index < -0.39 is 6.17 Å². The molecule has 0 radical (unpaired) electrons. The predicted octanol–water partition coefficient (Wildman–Crippen LogP) is 1.45. The standard InChI is InChI=1S/C10H21FN2/c1-13-7-10(12)6-8-2-4-9(11)5-3-8/h8-10,13H,2-7,12H2,1H3/t8?,9?,10-/m0/s1. The summed E-state index contributed by atoms with van der Waals surface area (Å²) in [5.41, 5.74) is 5.89. The maximum Gasteiger partial charge on any atom is 0.100 e. The zero-order valence-corrected chi connectivity index (χ0v) is 8.43. The fourth-order valence-corrected chi connectivity index (χ4v) is 2.13. The Morgan fingerprint density at radius 2 is 2.00 bits per heavy atom. The van der Waals surface area contributed by atoms with E-state index in [9.17, 15) is 4.39 Å². The number of alkyl halides is 1. The third-order valence-electron chi connectivity index (χ3n) is 2.88. The molecule has 1 saturated carbocycles. The Balaban J connectivity index is 2.14. The molecule has 0 heterocycles. The van der Waals surface area contributed by atoms with E-state index in [-0.39, 0.29) is 6.04 Å². The fraction of sp³-hybridized carbons (Fsp3) is 1.00. The van der Waals surface area contributed by atoms with E-state index in [1.807, 2.05) is 7.05 Å². The first-order chi connectivity index (χ1) is 6.22. The number of likely N-dealkylation sites (N-methyl/N-ethyl adjacent to an activating group) is 1. The van der Waals surface area contributed by atoms with E-state index in [0.29, 0.717) is 5.92 Å². The zero-order chi connectivity index (χ0) is 9.68. The number of rotatable bonds is 4. The SMILES string of the molecule is CNC[C@@H](N)CC1CCC(F)CC1. The van der Waals surface area contributed by atoms with E-state index in [1.165, 1.54) is 0 Å². The van der Waals surface area contributed by atoms with Crippen molar-refractivity contribution in [1.29, 1.82) is 0 Å². The van der Waals surface area contributed by atoms with Crippen LogP contribution in [0.25, 0.3) is 0 Å². The highest BCUT2D eigenvalue weighted by molar-refractivity contribution is 4.76. The predicted molar refractivity (Wildman–Crippen MR) is 53.4 cm³/mol. The first-order valence-corrected chi connectivity index (χ1v) is 5.26. The van der Waals surface area contributed by atoms with Gasteiger partial charge in [-0.2, -0.15) is 0 Å². The zero-order valence-electron chi connectivity index (χ0n) is 8.43. The monoisotopic (exact) mass is 188 g/mol. The normalized spacial score (nSPS) is 31.6. The van der Waals surface area contributed by atoms with Crippen molar-refractivity contribution in [2.24, 2.45) is 11.7 Å². The minimum atomic E-state index is -0.545. The summed E-state index contributed by atoms with van der Waals surface area (Å²) < 4.78 is 12.8. The topological polar surface area (TPSA) is 38.0 Å². The van der Waals surface area contributed by atoms with Gasteiger partial charge in [0.25, 0.3) is 0 Å². The van der Waals surface area contributed by atoms with Crippen LogP contribution >= 0.6 is 0 Å². The lowest BCUT2D eigenvalue weighted by atomic mass is 9.84. The molecule has 0 aromatic carbocycles. The van der Waals surface area contributed by atoms with Crippen molar-refractivity contribution in [2.75, 3.05) is 13.6 Å². The Morgan fingerprint density at radius 3 is 2.54 bits per heavy atom. The molecule has 1 atom stereocenters. The minimum absolute atomic E-state index is 0.242. The molecule has 78 valence electrons. The molecule has 0 spiro atoms. The molecule has 1 fully saturated rings. The minimum Gasteiger partial charge on any atom is -0.327 e. The molecule has 1 rings (SSSR count). The maximum absolute atomic E-state index is 12.8. The summed E-state index contributed by atoms with van der Waals surface area (Å²) >= 11 is 0. The summed E-state index contributed by atoms with van der Waals surface area (Å²) in [5.74, 6) is 0.662. The Kier molecular flexibility index (Phi) is 4.67. The van der Waals surface area contributed by atoms with E-state index in [4.69, 9.17) is 5.73 Å². The van der Waals surface area contributed by atoms with Gasteiger partial charge in [0.15, 0.2) is 0 Å². The number of hydrogen-bond acceptors (Lipinski definition) is 2. The first-order valence-electron chi connectivity index (χ1n) is 5.26. The van der Waals surface area contributed by atoms with Crippen LogP contribution in [0.3, 0.4) is 0 Å². The molecule has 13 heavy (non-hydrogen) atoms. The lowest BCUT2D eigenvalue weighted by molar-refractivity contribution is 0.196. The molecule has 2 nitrogen and oxygen atoms in total. The van der Waals surface area contributed by atoms with Gasteiger partial charge in [-0.15, -0.1) is 0 Å². The third-order valence-corrected chi connectivity index (χ3v) is 2.88. The van der Waals surface area contributed by atoms with Crippen LogP contribution in [0.4, 0.5) is 4.39 Å². The van der Waals surface area contributed by atoms with Gasteiger partial charge in [-0.1, -0.05) is 0 Å². The molecule has 3 N–H and O–H groups in total. The van der Waals surface area contributed by atoms with Crippen LogP contribution in [-0.2, 0) is 0 Å². The van der Waals surface area contributed by atoms with Gasteiger partial charge in [-0.3, -0.25) is 0 Å². The summed E-state index contributed by atoms with van der Waals surface area (Å²) in [6.07, 6.45) is 4.05. The summed E-state index contributed by atoms with van der Waals surface area (Å²) in [4.78, 5) is 0. The molecule has 1 aliphatic rings. The molecule has 0 unspecified atom stereocenters. The lowest BCUT2D eigenvalue weighted by Gasteiger charge is -2.26. The average molecular weight is 188 g/mol. The summed E-state index contributed by atoms with van der Waals surface area (Å²) in [6, 6.07) is 0.242. The Labute approximate surface area is 80.1 Å². The summed E-state index contributed by atoms with van der Waals surface area (Å²) in [7, 11) is 1.92. The van der Waals surface area contributed by atoms with Crippen molar-refractivity contribution < 1.29 is 4.39 Å². The Bertz CT molecular complexity index is 133. The van der Waals surface area contributed by atoms with Gasteiger partial charge < -0.3 is 11.1 Å². The molecule has 0 bridgehead atoms. The molecule has 0 aromatic rings. The lowest BCUT2D eigenvalue weighted by Crippen LogP contribution is -2.34. The number of halogens is 1. The van der Waals surface area contributed by atoms with Crippen LogP contribution in [0.15, 0.2) is 0 Å². The van der Waals surface area contributed by atoms with Gasteiger partial charge in [0.05, 0.1) is 0 Å². The quantitative estimate of drug-likeness (QED) is 0.701. The van der Waals surface area contributed by atoms with Crippen molar-refractivity contribution >= 4 is 0 Å². The highest BCUT2D eigenvalue weighted by Gasteiger charge is 2.21. The smallest absolute Gasteiger partial charge is 0.100 e. The van der Waals surface area contributed by atoms with Gasteiger partial charge >= 0.3 is 0 Å². The summed E-state index contributed by atoms with van der Waals surface area (Å²) in [5, 5.41) is 3.07. The average Bonchev–Trinajstić information content (AvgIpc) is 2.09. The van der Waals surface area contributed by atoms with Crippen molar-refractivity contribution in [3.63, 3.8) is 0 Å². The summed E-state index contributed by atoms with van der Waals surface area (Å²) in [6.45, 7) is 0.871. The van der Waals surface area contributed by atoms with Gasteiger partial charge in [0, 0.05) is 12.6 Å². The van der Waals surface area contributed by atoms with Crippen LogP contribution in [0, 0.1) is 5.92 Å². The van der Waals surface area contributed by atoms with Crippen molar-refractivity contribution in [1.82, 2.24) is 5.32 Å². The molecule has 0 aromatic heterocycles. The molecule has 0 saturated heterocycles. The number of nitrogens with two attached hydrogens (primary N) is 1. The van der Waals surface area contributed by atoms with Crippen LogP contribution in [0.2, 0.25) is 0 Å². The van der Waals surface area contributed by atoms with Crippen molar-refractivity contribution in [3.05, 3.63) is 0 Å². The molecular formula is C10H21FN2. The van der Waals surface area contributed by atoms with E-state index in [2.05, 4.69) is 5.32 Å². The molecule has 0 aliphatic heterocycles. The Morgan fingerprint density at radius 1 is 1.38 bits per heavy atom. The van der Waals surface area contributed by atoms with Crippen LogP contribution < -0.4 is 11.1 Å². The Hall–Kier alpha value is -0.150. The highest BCUT2D eigenvalue weighted by Crippen LogP contribution is 2.28. The van der Waals surface area contributed by atoms with E-state index in [1.54, 1.807) is 0 Å². The second-order valence-electron chi connectivity index (χ2n) is 4.17. The third kappa shape index (κ3) is 4.05. The van der Waals surface area contributed by atoms with Gasteiger partial charge in [0.2, 0.25) is 0 Å². The van der Waals surface area contributed by atoms with Gasteiger partial charge in [-0.05, 0) is 45.1 Å². The molecule has 1 aliphatic carbocycles. The number of hydrogen-bond donors (Lipinski definition) is 2. The van der Waals surface area contributed by atoms with Crippen LogP contribution in [0.1, 0.15) is 32.1 Å². The molecule has 0 amide bonds. The van der Waals surface area contributed by atoms with E-state index in [0.717, 1.165) is 38.6 Å². The highest BCUT2D eigenvalue weighted by atomic mass is 19.1. The van der Waals surface area contributed by atoms with Gasteiger partial charge in [-0.25, -0.2) is 4.39 Å². The van der Waals surface area contributed by atoms with Crippen molar-refractivity contribution in [3.8, 4) is 0 Å². The number of nitrogens with one attached hydrogen (secondary N) is 1. The molecular weight excluding hydrogens is 167 g/mol. The van der Waals surface area contributed by atoms with Crippen LogP contribution in [-0.4, -0.2) is 25.8 Å². The maximum atomic E-state index is 12.8. The largest absolute Gasteiger partial charge is 0.327 e. The van der Waals surface area contributed by atoms with Crippen molar-refractivity contribution in [2.45, 2.75) is 44.3 Å². The second kappa shape index (κ2) is 5.55. The van der Waals surface area contributed by atoms with Crippen LogP contribution in [0.5, 0.6) is 0 Å². The fourth-order valence-electron chi connectivity index (χ4n) is 2.13. The first kappa shape index (κ1) is 10.9. The second-order valence-corrected chi connectivity index (χ2v) is 4.17. The molecule has 3 heteroatoms. The van der Waals surface area contributed by atoms with Gasteiger partial charge in [0.1, 0.15) is 6.17 Å². The van der Waals surface area contributed by atoms with E-state index >= 15 is 0 Å².